The Kier molecular flexibility index (Phi) is 2.87. The van der Waals surface area contributed by atoms with Crippen LogP contribution in [-0.4, -0.2) is 10.9 Å². The molecule has 0 aliphatic carbocycles. The Bertz CT molecular complexity index is 664. The zero-order valence-electron chi connectivity index (χ0n) is 9.00. The number of nitrogens with two attached hydrogens (primary N) is 1. The van der Waals surface area contributed by atoms with E-state index in [4.69, 9.17) is 17.4 Å². The lowest BCUT2D eigenvalue weighted by Gasteiger charge is -2.06. The van der Waals surface area contributed by atoms with Crippen LogP contribution < -0.4 is 16.7 Å². The van der Waals surface area contributed by atoms with Crippen LogP contribution in [-0.2, 0) is 0 Å². The van der Waals surface area contributed by atoms with Crippen molar-refractivity contribution in [3.63, 3.8) is 0 Å². The van der Waals surface area contributed by atoms with Gasteiger partial charge in [0.2, 0.25) is 5.43 Å². The molecule has 1 aromatic heterocycles. The number of rotatable bonds is 1. The number of hydrogen-bond donors (Lipinski definition) is 3. The Hall–Kier alpha value is -1.85. The molecule has 0 unspecified atom stereocenters. The lowest BCUT2D eigenvalue weighted by Crippen LogP contribution is -2.34. The number of pyridine rings is 1. The Morgan fingerprint density at radius 1 is 1.47 bits per heavy atom. The fraction of sp³-hybridized carbons (Fsp3) is 0.0909. The van der Waals surface area contributed by atoms with E-state index in [0.717, 1.165) is 5.56 Å². The van der Waals surface area contributed by atoms with E-state index >= 15 is 0 Å². The van der Waals surface area contributed by atoms with Gasteiger partial charge in [-0.1, -0.05) is 17.7 Å². The lowest BCUT2D eigenvalue weighted by molar-refractivity contribution is 0.0952. The molecular weight excluding hydrogens is 242 g/mol. The van der Waals surface area contributed by atoms with Crippen molar-refractivity contribution in [3.8, 4) is 0 Å². The third kappa shape index (κ3) is 1.79. The molecule has 17 heavy (non-hydrogen) atoms. The van der Waals surface area contributed by atoms with Gasteiger partial charge in [0.05, 0.1) is 15.9 Å². The second-order valence-electron chi connectivity index (χ2n) is 3.62. The molecule has 88 valence electrons. The number of hydrogen-bond acceptors (Lipinski definition) is 3. The first-order valence-corrected chi connectivity index (χ1v) is 5.25. The maximum atomic E-state index is 12.1. The number of fused-ring (bicyclic) bond motifs is 1. The van der Waals surface area contributed by atoms with Crippen molar-refractivity contribution in [2.75, 3.05) is 0 Å². The van der Waals surface area contributed by atoms with Gasteiger partial charge in [0.15, 0.2) is 0 Å². The Balaban J connectivity index is 2.89. The Labute approximate surface area is 102 Å². The van der Waals surface area contributed by atoms with E-state index in [1.807, 2.05) is 12.3 Å². The third-order valence-corrected chi connectivity index (χ3v) is 2.89. The van der Waals surface area contributed by atoms with Gasteiger partial charge in [0, 0.05) is 6.20 Å². The van der Waals surface area contributed by atoms with Gasteiger partial charge in [-0.3, -0.25) is 15.0 Å². The van der Waals surface area contributed by atoms with Gasteiger partial charge in [-0.15, -0.1) is 0 Å². The molecule has 2 rings (SSSR count). The molecule has 0 saturated heterocycles. The highest BCUT2D eigenvalue weighted by Gasteiger charge is 2.14. The van der Waals surface area contributed by atoms with Crippen LogP contribution in [0.2, 0.25) is 5.02 Å². The van der Waals surface area contributed by atoms with Crippen LogP contribution in [0.3, 0.4) is 0 Å². The average Bonchev–Trinajstić information content (AvgIpc) is 2.33. The summed E-state index contributed by atoms with van der Waals surface area (Å²) in [7, 11) is 0. The topological polar surface area (TPSA) is 88.0 Å². The summed E-state index contributed by atoms with van der Waals surface area (Å²) in [4.78, 5) is 26.3. The van der Waals surface area contributed by atoms with Crippen molar-refractivity contribution in [1.29, 1.82) is 0 Å². The highest BCUT2D eigenvalue weighted by atomic mass is 35.5. The summed E-state index contributed by atoms with van der Waals surface area (Å²) < 4.78 is 0. The van der Waals surface area contributed by atoms with Crippen LogP contribution in [0.1, 0.15) is 15.9 Å². The minimum atomic E-state index is -0.647. The number of amides is 1. The number of aromatic nitrogens is 1. The monoisotopic (exact) mass is 251 g/mol. The first kappa shape index (κ1) is 11.6. The van der Waals surface area contributed by atoms with Crippen molar-refractivity contribution >= 4 is 28.4 Å². The number of aromatic amines is 1. The summed E-state index contributed by atoms with van der Waals surface area (Å²) in [6, 6.07) is 3.42. The molecule has 6 heteroatoms. The number of carbonyl (C=O) groups is 1. The fourth-order valence-corrected chi connectivity index (χ4v) is 1.92. The number of hydrazine groups is 1. The maximum absolute atomic E-state index is 12.1. The molecule has 0 radical (unpaired) electrons. The standard InChI is InChI=1S/C11H10ClN3O2/c1-5-2-3-7(12)8-9(5)14-4-6(10(8)16)11(17)15-13/h2-4H,13H2,1H3,(H,14,16)(H,15,17). The summed E-state index contributed by atoms with van der Waals surface area (Å²) in [5, 5.41) is 0.603. The molecule has 0 saturated carbocycles. The summed E-state index contributed by atoms with van der Waals surface area (Å²) in [6.07, 6.45) is 1.33. The normalized spacial score (nSPS) is 10.5. The van der Waals surface area contributed by atoms with Gasteiger partial charge in [-0.2, -0.15) is 0 Å². The van der Waals surface area contributed by atoms with Crippen LogP contribution in [0.5, 0.6) is 0 Å². The molecule has 2 aromatic rings. The predicted octanol–water partition coefficient (Wildman–Crippen LogP) is 1.09. The number of carbonyl (C=O) groups excluding carboxylic acids is 1. The number of benzene rings is 1. The smallest absolute Gasteiger partial charge is 0.270 e. The molecule has 5 nitrogen and oxygen atoms in total. The Morgan fingerprint density at radius 3 is 2.82 bits per heavy atom. The molecular formula is C11H10ClN3O2. The van der Waals surface area contributed by atoms with Gasteiger partial charge < -0.3 is 4.98 Å². The van der Waals surface area contributed by atoms with E-state index in [1.165, 1.54) is 6.20 Å². The number of H-pyrrole nitrogens is 1. The van der Waals surface area contributed by atoms with E-state index in [-0.39, 0.29) is 5.56 Å². The quantitative estimate of drug-likeness (QED) is 0.403. The summed E-state index contributed by atoms with van der Waals surface area (Å²) in [6.45, 7) is 1.84. The molecule has 0 spiro atoms. The summed E-state index contributed by atoms with van der Waals surface area (Å²) >= 11 is 5.97. The second-order valence-corrected chi connectivity index (χ2v) is 4.03. The van der Waals surface area contributed by atoms with Crippen LogP contribution in [0.15, 0.2) is 23.1 Å². The average molecular weight is 252 g/mol. The predicted molar refractivity (Wildman–Crippen MR) is 66.0 cm³/mol. The molecule has 1 aromatic carbocycles. The number of halogens is 1. The first-order valence-electron chi connectivity index (χ1n) is 4.87. The minimum Gasteiger partial charge on any atom is -0.360 e. The molecule has 0 atom stereocenters. The molecule has 1 amide bonds. The Morgan fingerprint density at radius 2 is 2.18 bits per heavy atom. The third-order valence-electron chi connectivity index (χ3n) is 2.57. The molecule has 0 fully saturated rings. The number of aryl methyl sites for hydroxylation is 1. The minimum absolute atomic E-state index is 0.0625. The number of nitrogens with one attached hydrogen (secondary N) is 2. The van der Waals surface area contributed by atoms with E-state index in [0.29, 0.717) is 15.9 Å². The van der Waals surface area contributed by atoms with Gasteiger partial charge in [0.1, 0.15) is 5.56 Å². The van der Waals surface area contributed by atoms with Gasteiger partial charge in [-0.25, -0.2) is 5.84 Å². The van der Waals surface area contributed by atoms with Crippen molar-refractivity contribution < 1.29 is 4.79 Å². The first-order chi connectivity index (χ1) is 8.06. The number of nitrogen functional groups attached to an aromatic ring is 1. The molecule has 1 heterocycles. The highest BCUT2D eigenvalue weighted by Crippen LogP contribution is 2.21. The highest BCUT2D eigenvalue weighted by molar-refractivity contribution is 6.35. The van der Waals surface area contributed by atoms with Gasteiger partial charge in [-0.05, 0) is 18.6 Å². The van der Waals surface area contributed by atoms with Gasteiger partial charge in [0.25, 0.3) is 5.91 Å². The van der Waals surface area contributed by atoms with E-state index in [9.17, 15) is 9.59 Å². The van der Waals surface area contributed by atoms with E-state index < -0.39 is 11.3 Å². The zero-order valence-corrected chi connectivity index (χ0v) is 9.76. The van der Waals surface area contributed by atoms with Crippen molar-refractivity contribution in [2.45, 2.75) is 6.92 Å². The largest absolute Gasteiger partial charge is 0.360 e. The zero-order chi connectivity index (χ0) is 12.6. The van der Waals surface area contributed by atoms with Crippen LogP contribution in [0.25, 0.3) is 10.9 Å². The van der Waals surface area contributed by atoms with E-state index in [2.05, 4.69) is 4.98 Å². The SMILES string of the molecule is Cc1ccc(Cl)c2c(=O)c(C(=O)NN)c[nH]c12. The molecule has 0 aliphatic rings. The summed E-state index contributed by atoms with van der Waals surface area (Å²) in [5.41, 5.74) is 2.92. The van der Waals surface area contributed by atoms with Crippen molar-refractivity contribution in [2.24, 2.45) is 5.84 Å². The fourth-order valence-electron chi connectivity index (χ4n) is 1.68. The van der Waals surface area contributed by atoms with Crippen LogP contribution in [0.4, 0.5) is 0 Å². The molecule has 0 bridgehead atoms. The maximum Gasteiger partial charge on any atom is 0.270 e. The molecule has 0 aliphatic heterocycles. The van der Waals surface area contributed by atoms with Crippen LogP contribution in [0, 0.1) is 6.92 Å². The second kappa shape index (κ2) is 4.20. The van der Waals surface area contributed by atoms with Crippen LogP contribution >= 0.6 is 11.6 Å². The van der Waals surface area contributed by atoms with Crippen molar-refractivity contribution in [3.05, 3.63) is 44.7 Å². The molecule has 4 N–H and O–H groups in total. The van der Waals surface area contributed by atoms with Gasteiger partial charge >= 0.3 is 0 Å². The lowest BCUT2D eigenvalue weighted by atomic mass is 10.1. The summed E-state index contributed by atoms with van der Waals surface area (Å²) in [5.74, 6) is 4.35. The van der Waals surface area contributed by atoms with Crippen molar-refractivity contribution in [1.82, 2.24) is 10.4 Å². The van der Waals surface area contributed by atoms with E-state index in [1.54, 1.807) is 12.1 Å².